The molecule has 104 valence electrons. The van der Waals surface area contributed by atoms with E-state index >= 15 is 0 Å². The van der Waals surface area contributed by atoms with Crippen LogP contribution < -0.4 is 10.1 Å². The van der Waals surface area contributed by atoms with Gasteiger partial charge in [-0.3, -0.25) is 4.79 Å². The standard InChI is InChI=1S/C16H16FNO2/c1-11(13-4-3-5-15(10-13)20-2)18-16(19)12-6-8-14(17)9-7-12/h3-11H,1-2H3,(H,18,19)/t11-/m1/s1. The van der Waals surface area contributed by atoms with Crippen LogP contribution in [0.15, 0.2) is 48.5 Å². The summed E-state index contributed by atoms with van der Waals surface area (Å²) < 4.78 is 18.0. The molecule has 1 N–H and O–H groups in total. The van der Waals surface area contributed by atoms with Crippen LogP contribution >= 0.6 is 0 Å². The topological polar surface area (TPSA) is 38.3 Å². The number of carbonyl (C=O) groups is 1. The largest absolute Gasteiger partial charge is 0.497 e. The molecule has 3 nitrogen and oxygen atoms in total. The Morgan fingerprint density at radius 3 is 2.55 bits per heavy atom. The number of benzene rings is 2. The molecule has 20 heavy (non-hydrogen) atoms. The number of hydrogen-bond donors (Lipinski definition) is 1. The van der Waals surface area contributed by atoms with Gasteiger partial charge in [0.15, 0.2) is 0 Å². The molecule has 0 radical (unpaired) electrons. The second-order valence-corrected chi connectivity index (χ2v) is 4.48. The summed E-state index contributed by atoms with van der Waals surface area (Å²) in [4.78, 5) is 12.0. The van der Waals surface area contributed by atoms with Crippen molar-refractivity contribution in [2.45, 2.75) is 13.0 Å². The van der Waals surface area contributed by atoms with E-state index in [-0.39, 0.29) is 17.8 Å². The molecule has 4 heteroatoms. The average molecular weight is 273 g/mol. The average Bonchev–Trinajstić information content (AvgIpc) is 2.47. The van der Waals surface area contributed by atoms with Crippen molar-refractivity contribution in [1.82, 2.24) is 5.32 Å². The van der Waals surface area contributed by atoms with Gasteiger partial charge in [0.05, 0.1) is 13.2 Å². The zero-order chi connectivity index (χ0) is 14.5. The third kappa shape index (κ3) is 3.35. The van der Waals surface area contributed by atoms with Crippen LogP contribution in [0.3, 0.4) is 0 Å². The second kappa shape index (κ2) is 6.19. The van der Waals surface area contributed by atoms with Gasteiger partial charge in [-0.1, -0.05) is 12.1 Å². The number of nitrogens with one attached hydrogen (secondary N) is 1. The molecule has 1 amide bonds. The number of carbonyl (C=O) groups excluding carboxylic acids is 1. The van der Waals surface area contributed by atoms with Crippen LogP contribution in [-0.4, -0.2) is 13.0 Å². The number of methoxy groups -OCH3 is 1. The third-order valence-corrected chi connectivity index (χ3v) is 3.05. The van der Waals surface area contributed by atoms with E-state index in [9.17, 15) is 9.18 Å². The molecule has 2 aromatic rings. The van der Waals surface area contributed by atoms with E-state index in [0.29, 0.717) is 5.56 Å². The lowest BCUT2D eigenvalue weighted by Gasteiger charge is -2.15. The van der Waals surface area contributed by atoms with Gasteiger partial charge in [-0.25, -0.2) is 4.39 Å². The number of amides is 1. The monoisotopic (exact) mass is 273 g/mol. The summed E-state index contributed by atoms with van der Waals surface area (Å²) in [5.74, 6) is 0.146. The minimum Gasteiger partial charge on any atom is -0.497 e. The molecule has 0 saturated carbocycles. The van der Waals surface area contributed by atoms with Gasteiger partial charge < -0.3 is 10.1 Å². The molecule has 0 aliphatic rings. The minimum atomic E-state index is -0.359. The SMILES string of the molecule is COc1cccc([C@@H](C)NC(=O)c2ccc(F)cc2)c1. The van der Waals surface area contributed by atoms with Crippen molar-refractivity contribution in [1.29, 1.82) is 0 Å². The summed E-state index contributed by atoms with van der Waals surface area (Å²) in [6.45, 7) is 1.89. The molecular weight excluding hydrogens is 257 g/mol. The van der Waals surface area contributed by atoms with Crippen LogP contribution in [0.1, 0.15) is 28.9 Å². The molecule has 0 aromatic heterocycles. The van der Waals surface area contributed by atoms with E-state index in [1.54, 1.807) is 7.11 Å². The Labute approximate surface area is 117 Å². The van der Waals surface area contributed by atoms with Crippen LogP contribution in [0, 0.1) is 5.82 Å². The predicted molar refractivity (Wildman–Crippen MR) is 75.3 cm³/mol. The Balaban J connectivity index is 2.08. The van der Waals surface area contributed by atoms with E-state index in [2.05, 4.69) is 5.32 Å². The highest BCUT2D eigenvalue weighted by molar-refractivity contribution is 5.94. The molecule has 2 aromatic carbocycles. The van der Waals surface area contributed by atoms with Crippen LogP contribution in [0.5, 0.6) is 5.75 Å². The van der Waals surface area contributed by atoms with Gasteiger partial charge >= 0.3 is 0 Å². The zero-order valence-electron chi connectivity index (χ0n) is 11.4. The predicted octanol–water partition coefficient (Wildman–Crippen LogP) is 3.33. The molecular formula is C16H16FNO2. The molecule has 0 fully saturated rings. The van der Waals surface area contributed by atoms with Crippen LogP contribution in [0.2, 0.25) is 0 Å². The molecule has 0 bridgehead atoms. The number of halogens is 1. The first-order chi connectivity index (χ1) is 9.60. The van der Waals surface area contributed by atoms with Gasteiger partial charge in [-0.05, 0) is 48.9 Å². The van der Waals surface area contributed by atoms with E-state index < -0.39 is 0 Å². The fourth-order valence-electron chi connectivity index (χ4n) is 1.88. The van der Waals surface area contributed by atoms with E-state index in [1.165, 1.54) is 24.3 Å². The highest BCUT2D eigenvalue weighted by Gasteiger charge is 2.12. The zero-order valence-corrected chi connectivity index (χ0v) is 11.4. The van der Waals surface area contributed by atoms with Crippen molar-refractivity contribution in [2.24, 2.45) is 0 Å². The Kier molecular flexibility index (Phi) is 4.35. The molecule has 2 rings (SSSR count). The summed E-state index contributed by atoms with van der Waals surface area (Å²) in [6.07, 6.45) is 0. The van der Waals surface area contributed by atoms with Crippen LogP contribution in [0.25, 0.3) is 0 Å². The van der Waals surface area contributed by atoms with Crippen molar-refractivity contribution in [3.8, 4) is 5.75 Å². The lowest BCUT2D eigenvalue weighted by Crippen LogP contribution is -2.26. The maximum absolute atomic E-state index is 12.8. The molecule has 0 heterocycles. The number of rotatable bonds is 4. The maximum atomic E-state index is 12.8. The van der Waals surface area contributed by atoms with Gasteiger partial charge in [-0.15, -0.1) is 0 Å². The van der Waals surface area contributed by atoms with Gasteiger partial charge in [0, 0.05) is 5.56 Å². The van der Waals surface area contributed by atoms with Gasteiger partial charge in [0.1, 0.15) is 11.6 Å². The summed E-state index contributed by atoms with van der Waals surface area (Å²) in [5, 5.41) is 2.87. The summed E-state index contributed by atoms with van der Waals surface area (Å²) in [5.41, 5.74) is 1.38. The first-order valence-electron chi connectivity index (χ1n) is 6.30. The summed E-state index contributed by atoms with van der Waals surface area (Å²) >= 11 is 0. The molecule has 0 unspecified atom stereocenters. The van der Waals surface area contributed by atoms with Crippen LogP contribution in [-0.2, 0) is 0 Å². The third-order valence-electron chi connectivity index (χ3n) is 3.05. The van der Waals surface area contributed by atoms with E-state index in [1.807, 2.05) is 31.2 Å². The Bertz CT molecular complexity index is 596. The lowest BCUT2D eigenvalue weighted by molar-refractivity contribution is 0.0940. The molecule has 0 spiro atoms. The normalized spacial score (nSPS) is 11.8. The fraction of sp³-hybridized carbons (Fsp3) is 0.188. The van der Waals surface area contributed by atoms with Gasteiger partial charge in [0.2, 0.25) is 0 Å². The fourth-order valence-corrected chi connectivity index (χ4v) is 1.88. The molecule has 1 atom stereocenters. The Hall–Kier alpha value is -2.36. The highest BCUT2D eigenvalue weighted by atomic mass is 19.1. The maximum Gasteiger partial charge on any atom is 0.251 e. The quantitative estimate of drug-likeness (QED) is 0.928. The molecule has 0 aliphatic carbocycles. The van der Waals surface area contributed by atoms with Crippen molar-refractivity contribution in [2.75, 3.05) is 7.11 Å². The summed E-state index contributed by atoms with van der Waals surface area (Å²) in [7, 11) is 1.60. The highest BCUT2D eigenvalue weighted by Crippen LogP contribution is 2.19. The lowest BCUT2D eigenvalue weighted by atomic mass is 10.1. The van der Waals surface area contributed by atoms with Crippen LogP contribution in [0.4, 0.5) is 4.39 Å². The van der Waals surface area contributed by atoms with Gasteiger partial charge in [0.25, 0.3) is 5.91 Å². The molecule has 0 aliphatic heterocycles. The smallest absolute Gasteiger partial charge is 0.251 e. The first-order valence-corrected chi connectivity index (χ1v) is 6.30. The summed E-state index contributed by atoms with van der Waals surface area (Å²) in [6, 6.07) is 12.8. The first kappa shape index (κ1) is 14.1. The van der Waals surface area contributed by atoms with Crippen molar-refractivity contribution < 1.29 is 13.9 Å². The van der Waals surface area contributed by atoms with Crippen molar-refractivity contribution in [3.63, 3.8) is 0 Å². The van der Waals surface area contributed by atoms with Crippen molar-refractivity contribution >= 4 is 5.91 Å². The Morgan fingerprint density at radius 1 is 1.20 bits per heavy atom. The number of ether oxygens (including phenoxy) is 1. The van der Waals surface area contributed by atoms with E-state index in [4.69, 9.17) is 4.74 Å². The van der Waals surface area contributed by atoms with Gasteiger partial charge in [-0.2, -0.15) is 0 Å². The Morgan fingerprint density at radius 2 is 1.90 bits per heavy atom. The minimum absolute atomic E-state index is 0.164. The molecule has 0 saturated heterocycles. The van der Waals surface area contributed by atoms with E-state index in [0.717, 1.165) is 11.3 Å². The second-order valence-electron chi connectivity index (χ2n) is 4.48. The number of hydrogen-bond acceptors (Lipinski definition) is 2. The van der Waals surface area contributed by atoms with Crippen molar-refractivity contribution in [3.05, 3.63) is 65.5 Å².